The average molecular weight is 529 g/mol. The van der Waals surface area contributed by atoms with E-state index in [1.54, 1.807) is 0 Å². The van der Waals surface area contributed by atoms with Crippen molar-refractivity contribution < 1.29 is 28.6 Å². The Balaban J connectivity index is 2.99. The molecule has 37 heavy (non-hydrogen) atoms. The Morgan fingerprint density at radius 1 is 0.649 bits per heavy atom. The molecule has 10 nitrogen and oxygen atoms in total. The first-order valence-electron chi connectivity index (χ1n) is 13.4. The molecule has 0 aliphatic carbocycles. The minimum absolute atomic E-state index is 0.179. The van der Waals surface area contributed by atoms with E-state index in [2.05, 4.69) is 20.0 Å². The average Bonchev–Trinajstić information content (AvgIpc) is 2.67. The maximum atomic E-state index is 12.9. The summed E-state index contributed by atoms with van der Waals surface area (Å²) in [7, 11) is 0. The molecular weight excluding hydrogens is 476 g/mol. The highest BCUT2D eigenvalue weighted by Crippen LogP contribution is 2.13. The van der Waals surface area contributed by atoms with E-state index in [1.165, 1.54) is 0 Å². The van der Waals surface area contributed by atoms with E-state index in [1.807, 2.05) is 69.2 Å². The lowest BCUT2D eigenvalue weighted by molar-refractivity contribution is -0.162. The van der Waals surface area contributed by atoms with Gasteiger partial charge >= 0.3 is 17.9 Å². The van der Waals surface area contributed by atoms with Crippen LogP contribution in [0.1, 0.15) is 69.2 Å². The predicted molar refractivity (Wildman–Crippen MR) is 144 cm³/mol. The smallest absolute Gasteiger partial charge is 0.323 e. The zero-order valence-corrected chi connectivity index (χ0v) is 24.9. The first kappa shape index (κ1) is 33.3. The Bertz CT molecular complexity index is 695. The fraction of sp³-hybridized carbons (Fsp3) is 0.889. The zero-order chi connectivity index (χ0) is 28.4. The van der Waals surface area contributed by atoms with Crippen LogP contribution >= 0.6 is 0 Å². The molecule has 0 spiro atoms. The molecule has 1 atom stereocenters. The molecule has 0 amide bonds. The molecule has 1 rings (SSSR count). The second-order valence-corrected chi connectivity index (χ2v) is 12.7. The standard InChI is InChI=1S/C27H52N4O6/c1-21(24(34)37-27(8,9)10)31-17-15-29(19-22(32)35-25(2,3)4)13-11-28-12-14-30(16-18-31)20-23(33)36-26(5,6)7/h21,28H,11-20H2,1-10H3. The number of hydrogen-bond donors (Lipinski definition) is 1. The Labute approximate surface area is 224 Å². The summed E-state index contributed by atoms with van der Waals surface area (Å²) >= 11 is 0. The summed E-state index contributed by atoms with van der Waals surface area (Å²) < 4.78 is 16.7. The number of ether oxygens (including phenoxy) is 3. The van der Waals surface area contributed by atoms with Gasteiger partial charge in [-0.1, -0.05) is 0 Å². The highest BCUT2D eigenvalue weighted by atomic mass is 16.6. The topological polar surface area (TPSA) is 101 Å². The van der Waals surface area contributed by atoms with Crippen LogP contribution in [0.15, 0.2) is 0 Å². The van der Waals surface area contributed by atoms with Crippen LogP contribution in [0.25, 0.3) is 0 Å². The summed E-state index contributed by atoms with van der Waals surface area (Å²) in [5.41, 5.74) is -1.68. The molecule has 0 aromatic carbocycles. The summed E-state index contributed by atoms with van der Waals surface area (Å²) in [5.74, 6) is -0.830. The van der Waals surface area contributed by atoms with Crippen LogP contribution in [0.4, 0.5) is 0 Å². The third-order valence-electron chi connectivity index (χ3n) is 5.46. The molecule has 1 fully saturated rings. The summed E-state index contributed by atoms with van der Waals surface area (Å²) in [5, 5.41) is 3.41. The van der Waals surface area contributed by atoms with E-state index < -0.39 is 22.8 Å². The van der Waals surface area contributed by atoms with Crippen LogP contribution in [0, 0.1) is 0 Å². The molecule has 10 heteroatoms. The molecule has 0 bridgehead atoms. The van der Waals surface area contributed by atoms with Gasteiger partial charge in [-0.15, -0.1) is 0 Å². The van der Waals surface area contributed by atoms with Crippen molar-refractivity contribution in [2.45, 2.75) is 92.1 Å². The van der Waals surface area contributed by atoms with Crippen molar-refractivity contribution in [3.05, 3.63) is 0 Å². The van der Waals surface area contributed by atoms with Gasteiger partial charge in [0, 0.05) is 52.4 Å². The number of carbonyl (C=O) groups is 3. The lowest BCUT2D eigenvalue weighted by atomic mass is 10.2. The van der Waals surface area contributed by atoms with Gasteiger partial charge in [-0.2, -0.15) is 0 Å². The van der Waals surface area contributed by atoms with Crippen LogP contribution < -0.4 is 5.32 Å². The fourth-order valence-corrected chi connectivity index (χ4v) is 3.83. The molecule has 0 saturated carbocycles. The maximum Gasteiger partial charge on any atom is 0.323 e. The van der Waals surface area contributed by atoms with Crippen LogP contribution in [-0.2, 0) is 28.6 Å². The van der Waals surface area contributed by atoms with Gasteiger partial charge in [0.25, 0.3) is 0 Å². The molecule has 1 aliphatic rings. The van der Waals surface area contributed by atoms with Gasteiger partial charge in [0.2, 0.25) is 0 Å². The van der Waals surface area contributed by atoms with Crippen molar-refractivity contribution >= 4 is 17.9 Å². The van der Waals surface area contributed by atoms with Crippen molar-refractivity contribution in [3.63, 3.8) is 0 Å². The third-order valence-corrected chi connectivity index (χ3v) is 5.46. The van der Waals surface area contributed by atoms with E-state index in [9.17, 15) is 14.4 Å². The largest absolute Gasteiger partial charge is 0.459 e. The van der Waals surface area contributed by atoms with E-state index in [0.29, 0.717) is 52.4 Å². The first-order valence-corrected chi connectivity index (χ1v) is 13.4. The number of rotatable bonds is 6. The van der Waals surface area contributed by atoms with Crippen molar-refractivity contribution in [3.8, 4) is 0 Å². The maximum absolute atomic E-state index is 12.9. The molecule has 1 heterocycles. The van der Waals surface area contributed by atoms with E-state index in [-0.39, 0.29) is 31.0 Å². The molecule has 1 saturated heterocycles. The summed E-state index contributed by atoms with van der Waals surface area (Å²) in [6.07, 6.45) is 0. The Morgan fingerprint density at radius 2 is 1.03 bits per heavy atom. The van der Waals surface area contributed by atoms with Gasteiger partial charge in [0.05, 0.1) is 13.1 Å². The SMILES string of the molecule is CC(C(=O)OC(C)(C)C)N1CCN(CC(=O)OC(C)(C)C)CCNCCN(CC(=O)OC(C)(C)C)CC1. The second-order valence-electron chi connectivity index (χ2n) is 12.7. The Morgan fingerprint density at radius 3 is 1.38 bits per heavy atom. The number of hydrogen-bond acceptors (Lipinski definition) is 10. The lowest BCUT2D eigenvalue weighted by Gasteiger charge is -2.34. The Kier molecular flexibility index (Phi) is 13.0. The van der Waals surface area contributed by atoms with Gasteiger partial charge < -0.3 is 19.5 Å². The molecule has 1 aliphatic heterocycles. The molecule has 1 N–H and O–H groups in total. The molecule has 1 unspecified atom stereocenters. The molecule has 0 aromatic rings. The van der Waals surface area contributed by atoms with Gasteiger partial charge in [-0.05, 0) is 69.2 Å². The van der Waals surface area contributed by atoms with Gasteiger partial charge in [0.15, 0.2) is 0 Å². The van der Waals surface area contributed by atoms with E-state index in [4.69, 9.17) is 14.2 Å². The first-order chi connectivity index (χ1) is 16.8. The van der Waals surface area contributed by atoms with Gasteiger partial charge in [-0.25, -0.2) is 0 Å². The summed E-state index contributed by atoms with van der Waals surface area (Å²) in [4.78, 5) is 44.1. The fourth-order valence-electron chi connectivity index (χ4n) is 3.83. The number of esters is 3. The predicted octanol–water partition coefficient (Wildman–Crippen LogP) is 1.91. The number of nitrogens with zero attached hydrogens (tertiary/aromatic N) is 3. The van der Waals surface area contributed by atoms with Crippen LogP contribution in [0.3, 0.4) is 0 Å². The quantitative estimate of drug-likeness (QED) is 0.406. The van der Waals surface area contributed by atoms with Crippen molar-refractivity contribution in [2.75, 3.05) is 65.4 Å². The summed E-state index contributed by atoms with van der Waals surface area (Å²) in [6.45, 7) is 23.9. The number of nitrogens with one attached hydrogen (secondary N) is 1. The molecule has 0 radical (unpaired) electrons. The minimum atomic E-state index is -0.588. The van der Waals surface area contributed by atoms with Crippen LogP contribution in [0.2, 0.25) is 0 Å². The molecule has 0 aromatic heterocycles. The molecule has 216 valence electrons. The van der Waals surface area contributed by atoms with Crippen molar-refractivity contribution in [1.29, 1.82) is 0 Å². The van der Waals surface area contributed by atoms with Crippen molar-refractivity contribution in [1.82, 2.24) is 20.0 Å². The normalized spacial score (nSPS) is 19.3. The van der Waals surface area contributed by atoms with E-state index >= 15 is 0 Å². The minimum Gasteiger partial charge on any atom is -0.459 e. The highest BCUT2D eigenvalue weighted by Gasteiger charge is 2.29. The van der Waals surface area contributed by atoms with Crippen LogP contribution in [-0.4, -0.2) is 121 Å². The third kappa shape index (κ3) is 16.0. The van der Waals surface area contributed by atoms with Crippen molar-refractivity contribution in [2.24, 2.45) is 0 Å². The second kappa shape index (κ2) is 14.4. The lowest BCUT2D eigenvalue weighted by Crippen LogP contribution is -2.51. The van der Waals surface area contributed by atoms with Gasteiger partial charge in [-0.3, -0.25) is 29.1 Å². The monoisotopic (exact) mass is 528 g/mol. The Hall–Kier alpha value is -1.75. The number of carbonyl (C=O) groups excluding carboxylic acids is 3. The molecular formula is C27H52N4O6. The van der Waals surface area contributed by atoms with Gasteiger partial charge in [0.1, 0.15) is 22.8 Å². The highest BCUT2D eigenvalue weighted by molar-refractivity contribution is 5.75. The summed E-state index contributed by atoms with van der Waals surface area (Å²) in [6, 6.07) is -0.480. The zero-order valence-electron chi connectivity index (χ0n) is 24.9. The van der Waals surface area contributed by atoms with E-state index in [0.717, 1.165) is 0 Å². The van der Waals surface area contributed by atoms with Crippen LogP contribution in [0.5, 0.6) is 0 Å².